The summed E-state index contributed by atoms with van der Waals surface area (Å²) in [6.45, 7) is 6.64. The van der Waals surface area contributed by atoms with Crippen molar-refractivity contribution in [2.75, 3.05) is 38.2 Å². The van der Waals surface area contributed by atoms with E-state index >= 15 is 0 Å². The molecule has 2 aromatic carbocycles. The second kappa shape index (κ2) is 7.80. The molecule has 0 bridgehead atoms. The van der Waals surface area contributed by atoms with Crippen molar-refractivity contribution in [1.29, 1.82) is 0 Å². The van der Waals surface area contributed by atoms with Crippen molar-refractivity contribution >= 4 is 5.69 Å². The molecule has 4 rings (SSSR count). The van der Waals surface area contributed by atoms with E-state index < -0.39 is 0 Å². The molecular formula is C21H24N4O2. The fraction of sp³-hybridized carbons (Fsp3) is 0.333. The second-order valence-corrected chi connectivity index (χ2v) is 6.84. The van der Waals surface area contributed by atoms with Crippen LogP contribution in [0.5, 0.6) is 5.75 Å². The molecule has 0 unspecified atom stereocenters. The lowest BCUT2D eigenvalue weighted by Crippen LogP contribution is -2.46. The molecule has 1 aliphatic rings. The predicted molar refractivity (Wildman–Crippen MR) is 105 cm³/mol. The molecule has 1 fully saturated rings. The number of anilines is 1. The Balaban J connectivity index is 1.33. The third-order valence-electron chi connectivity index (χ3n) is 4.95. The first kappa shape index (κ1) is 17.5. The SMILES string of the molecule is COc1ccc(N2CCN(Cc3nc(-c4ccc(C)cc4)no3)CC2)cc1. The smallest absolute Gasteiger partial charge is 0.241 e. The van der Waals surface area contributed by atoms with Gasteiger partial charge in [-0.3, -0.25) is 4.90 Å². The number of aryl methyl sites for hydroxylation is 1. The van der Waals surface area contributed by atoms with Gasteiger partial charge >= 0.3 is 0 Å². The van der Waals surface area contributed by atoms with Gasteiger partial charge in [-0.1, -0.05) is 35.0 Å². The molecular weight excluding hydrogens is 340 g/mol. The summed E-state index contributed by atoms with van der Waals surface area (Å²) >= 11 is 0. The molecule has 0 saturated carbocycles. The average molecular weight is 364 g/mol. The average Bonchev–Trinajstić information content (AvgIpc) is 3.18. The molecule has 1 saturated heterocycles. The summed E-state index contributed by atoms with van der Waals surface area (Å²) in [4.78, 5) is 9.30. The van der Waals surface area contributed by atoms with Gasteiger partial charge in [-0.25, -0.2) is 0 Å². The zero-order chi connectivity index (χ0) is 18.6. The van der Waals surface area contributed by atoms with E-state index in [0.717, 1.165) is 37.5 Å². The fourth-order valence-electron chi connectivity index (χ4n) is 3.29. The molecule has 3 aromatic rings. The van der Waals surface area contributed by atoms with Crippen molar-refractivity contribution < 1.29 is 9.26 Å². The fourth-order valence-corrected chi connectivity index (χ4v) is 3.29. The van der Waals surface area contributed by atoms with Gasteiger partial charge in [0, 0.05) is 37.4 Å². The van der Waals surface area contributed by atoms with Gasteiger partial charge in [0.25, 0.3) is 0 Å². The van der Waals surface area contributed by atoms with Gasteiger partial charge in [0.2, 0.25) is 11.7 Å². The van der Waals surface area contributed by atoms with Crippen LogP contribution in [0.3, 0.4) is 0 Å². The molecule has 1 aromatic heterocycles. The molecule has 0 aliphatic carbocycles. The maximum atomic E-state index is 5.46. The van der Waals surface area contributed by atoms with Crippen molar-refractivity contribution in [2.24, 2.45) is 0 Å². The number of piperazine rings is 1. The zero-order valence-corrected chi connectivity index (χ0v) is 15.8. The van der Waals surface area contributed by atoms with Crippen molar-refractivity contribution in [3.05, 3.63) is 60.0 Å². The summed E-state index contributed by atoms with van der Waals surface area (Å²) in [6.07, 6.45) is 0. The Labute approximate surface area is 159 Å². The number of hydrogen-bond donors (Lipinski definition) is 0. The summed E-state index contributed by atoms with van der Waals surface area (Å²) in [5.74, 6) is 2.21. The van der Waals surface area contributed by atoms with Crippen molar-refractivity contribution in [3.63, 3.8) is 0 Å². The van der Waals surface area contributed by atoms with E-state index in [0.29, 0.717) is 18.3 Å². The molecule has 0 atom stereocenters. The van der Waals surface area contributed by atoms with Gasteiger partial charge in [0.05, 0.1) is 13.7 Å². The van der Waals surface area contributed by atoms with Gasteiger partial charge in [0.1, 0.15) is 5.75 Å². The molecule has 0 N–H and O–H groups in total. The highest BCUT2D eigenvalue weighted by molar-refractivity contribution is 5.54. The Morgan fingerprint density at radius 3 is 2.33 bits per heavy atom. The summed E-state index contributed by atoms with van der Waals surface area (Å²) in [5.41, 5.74) is 3.44. The number of benzene rings is 2. The van der Waals surface area contributed by atoms with Crippen molar-refractivity contribution in [1.82, 2.24) is 15.0 Å². The minimum Gasteiger partial charge on any atom is -0.497 e. The van der Waals surface area contributed by atoms with Crippen molar-refractivity contribution in [2.45, 2.75) is 13.5 Å². The van der Waals surface area contributed by atoms with Gasteiger partial charge in [0.15, 0.2) is 0 Å². The largest absolute Gasteiger partial charge is 0.497 e. The van der Waals surface area contributed by atoms with Crippen molar-refractivity contribution in [3.8, 4) is 17.1 Å². The molecule has 140 valence electrons. The monoisotopic (exact) mass is 364 g/mol. The van der Waals surface area contributed by atoms with E-state index in [2.05, 4.69) is 51.1 Å². The standard InChI is InChI=1S/C21H24N4O2/c1-16-3-5-17(6-4-16)21-22-20(27-23-21)15-24-11-13-25(14-12-24)18-7-9-19(26-2)10-8-18/h3-10H,11-15H2,1-2H3. The van der Waals surface area contributed by atoms with Crippen LogP contribution in [-0.2, 0) is 6.54 Å². The van der Waals surface area contributed by atoms with Gasteiger partial charge < -0.3 is 14.2 Å². The minimum absolute atomic E-state index is 0.655. The lowest BCUT2D eigenvalue weighted by molar-refractivity contribution is 0.215. The quantitative estimate of drug-likeness (QED) is 0.692. The molecule has 1 aliphatic heterocycles. The van der Waals surface area contributed by atoms with Gasteiger partial charge in [-0.05, 0) is 31.2 Å². The molecule has 0 amide bonds. The number of rotatable bonds is 5. The van der Waals surface area contributed by atoms with Crippen LogP contribution >= 0.6 is 0 Å². The van der Waals surface area contributed by atoms with Crippen LogP contribution in [0.15, 0.2) is 53.1 Å². The van der Waals surface area contributed by atoms with Crippen LogP contribution in [-0.4, -0.2) is 48.3 Å². The first-order valence-corrected chi connectivity index (χ1v) is 9.22. The Morgan fingerprint density at radius 1 is 0.963 bits per heavy atom. The van der Waals surface area contributed by atoms with Crippen LogP contribution in [0.25, 0.3) is 11.4 Å². The van der Waals surface area contributed by atoms with Crippen LogP contribution < -0.4 is 9.64 Å². The first-order chi connectivity index (χ1) is 13.2. The molecule has 6 heteroatoms. The molecule has 6 nitrogen and oxygen atoms in total. The van der Waals surface area contributed by atoms with E-state index in [9.17, 15) is 0 Å². The Morgan fingerprint density at radius 2 is 1.67 bits per heavy atom. The van der Waals surface area contributed by atoms with Gasteiger partial charge in [-0.2, -0.15) is 4.98 Å². The summed E-state index contributed by atoms with van der Waals surface area (Å²) in [5, 5.41) is 4.13. The normalized spacial score (nSPS) is 15.1. The first-order valence-electron chi connectivity index (χ1n) is 9.22. The zero-order valence-electron chi connectivity index (χ0n) is 15.8. The summed E-state index contributed by atoms with van der Waals surface area (Å²) in [6, 6.07) is 16.4. The van der Waals surface area contributed by atoms with E-state index in [1.54, 1.807) is 7.11 Å². The number of hydrogen-bond acceptors (Lipinski definition) is 6. The molecule has 0 spiro atoms. The number of methoxy groups -OCH3 is 1. The lowest BCUT2D eigenvalue weighted by Gasteiger charge is -2.35. The van der Waals surface area contributed by atoms with E-state index in [-0.39, 0.29) is 0 Å². The highest BCUT2D eigenvalue weighted by atomic mass is 16.5. The Hall–Kier alpha value is -2.86. The molecule has 27 heavy (non-hydrogen) atoms. The molecule has 2 heterocycles. The number of aromatic nitrogens is 2. The third-order valence-corrected chi connectivity index (χ3v) is 4.95. The topological polar surface area (TPSA) is 54.6 Å². The van der Waals surface area contributed by atoms with Gasteiger partial charge in [-0.15, -0.1) is 0 Å². The third kappa shape index (κ3) is 4.11. The van der Waals surface area contributed by atoms with E-state index in [1.165, 1.54) is 11.3 Å². The Bertz CT molecular complexity index is 866. The van der Waals surface area contributed by atoms with Crippen LogP contribution in [0, 0.1) is 6.92 Å². The minimum atomic E-state index is 0.655. The van der Waals surface area contributed by atoms with Crippen LogP contribution in [0.4, 0.5) is 5.69 Å². The lowest BCUT2D eigenvalue weighted by atomic mass is 10.1. The maximum Gasteiger partial charge on any atom is 0.241 e. The van der Waals surface area contributed by atoms with E-state index in [1.807, 2.05) is 24.3 Å². The summed E-state index contributed by atoms with van der Waals surface area (Å²) < 4.78 is 10.7. The second-order valence-electron chi connectivity index (χ2n) is 6.84. The number of nitrogens with zero attached hydrogens (tertiary/aromatic N) is 4. The molecule has 0 radical (unpaired) electrons. The van der Waals surface area contributed by atoms with E-state index in [4.69, 9.17) is 9.26 Å². The van der Waals surface area contributed by atoms with Crippen LogP contribution in [0.2, 0.25) is 0 Å². The highest BCUT2D eigenvalue weighted by Crippen LogP contribution is 2.21. The Kier molecular flexibility index (Phi) is 5.07. The summed E-state index contributed by atoms with van der Waals surface area (Å²) in [7, 11) is 1.69. The number of ether oxygens (including phenoxy) is 1. The maximum absolute atomic E-state index is 5.46. The van der Waals surface area contributed by atoms with Crippen LogP contribution in [0.1, 0.15) is 11.5 Å². The predicted octanol–water partition coefficient (Wildman–Crippen LogP) is 3.38. The highest BCUT2D eigenvalue weighted by Gasteiger charge is 2.19.